The lowest BCUT2D eigenvalue weighted by atomic mass is 10.0. The molecular weight excluding hydrogens is 306 g/mol. The second kappa shape index (κ2) is 7.51. The lowest BCUT2D eigenvalue weighted by Gasteiger charge is -2.41. The van der Waals surface area contributed by atoms with Crippen LogP contribution in [0.4, 0.5) is 4.79 Å². The Morgan fingerprint density at radius 1 is 1.25 bits per heavy atom. The molecule has 24 heavy (non-hydrogen) atoms. The molecule has 2 aliphatic rings. The van der Waals surface area contributed by atoms with Gasteiger partial charge in [0.2, 0.25) is 0 Å². The summed E-state index contributed by atoms with van der Waals surface area (Å²) in [6.07, 6.45) is -0.298. The predicted molar refractivity (Wildman–Crippen MR) is 91.9 cm³/mol. The molecular formula is C18H27N3O3. The summed E-state index contributed by atoms with van der Waals surface area (Å²) < 4.78 is 0. The number of hydrogen-bond donors (Lipinski definition) is 1. The second-order valence-corrected chi connectivity index (χ2v) is 6.41. The van der Waals surface area contributed by atoms with Gasteiger partial charge in [0.25, 0.3) is 0 Å². The second-order valence-electron chi connectivity index (χ2n) is 6.41. The molecule has 1 saturated heterocycles. The van der Waals surface area contributed by atoms with Gasteiger partial charge in [0.05, 0.1) is 18.7 Å². The van der Waals surface area contributed by atoms with Gasteiger partial charge in [0.15, 0.2) is 0 Å². The fourth-order valence-corrected chi connectivity index (χ4v) is 3.99. The summed E-state index contributed by atoms with van der Waals surface area (Å²) in [4.78, 5) is 22.1. The van der Waals surface area contributed by atoms with Crippen molar-refractivity contribution in [2.75, 3.05) is 39.3 Å². The van der Waals surface area contributed by atoms with Gasteiger partial charge in [-0.2, -0.15) is 5.06 Å². The first-order chi connectivity index (χ1) is 11.7. The third-order valence-electron chi connectivity index (χ3n) is 5.17. The van der Waals surface area contributed by atoms with Crippen LogP contribution in [0, 0.1) is 0 Å². The van der Waals surface area contributed by atoms with Gasteiger partial charge in [-0.15, -0.1) is 0 Å². The zero-order chi connectivity index (χ0) is 17.1. The molecule has 0 spiro atoms. The highest BCUT2D eigenvalue weighted by Crippen LogP contribution is 2.39. The van der Waals surface area contributed by atoms with E-state index in [2.05, 4.69) is 28.9 Å². The normalized spacial score (nSPS) is 24.8. The highest BCUT2D eigenvalue weighted by molar-refractivity contribution is 5.64. The fourth-order valence-electron chi connectivity index (χ4n) is 3.99. The predicted octanol–water partition coefficient (Wildman–Crippen LogP) is 2.22. The largest absolute Gasteiger partial charge is 0.463 e. The number of hydroxylamine groups is 2. The lowest BCUT2D eigenvalue weighted by molar-refractivity contribution is -0.165. The van der Waals surface area contributed by atoms with E-state index in [1.165, 1.54) is 16.2 Å². The zero-order valence-corrected chi connectivity index (χ0v) is 14.5. The number of likely N-dealkylation sites (N-methyl/N-ethyl adjacent to an activating group) is 1. The first-order valence-electron chi connectivity index (χ1n) is 8.85. The number of fused-ring (bicyclic) bond motifs is 1. The topological polar surface area (TPSA) is 56.2 Å². The summed E-state index contributed by atoms with van der Waals surface area (Å²) >= 11 is 0. The van der Waals surface area contributed by atoms with Crippen molar-refractivity contribution < 1.29 is 14.7 Å². The van der Waals surface area contributed by atoms with Crippen molar-refractivity contribution in [2.24, 2.45) is 0 Å². The number of benzene rings is 1. The Hall–Kier alpha value is -1.63. The van der Waals surface area contributed by atoms with E-state index in [-0.39, 0.29) is 12.1 Å². The van der Waals surface area contributed by atoms with Crippen molar-refractivity contribution in [1.29, 1.82) is 0 Å². The number of piperazine rings is 1. The van der Waals surface area contributed by atoms with E-state index in [0.717, 1.165) is 32.7 Å². The van der Waals surface area contributed by atoms with Crippen LogP contribution in [0.5, 0.6) is 0 Å². The van der Waals surface area contributed by atoms with Gasteiger partial charge in [-0.05, 0) is 31.0 Å². The quantitative estimate of drug-likeness (QED) is 0.838. The van der Waals surface area contributed by atoms with E-state index in [9.17, 15) is 9.90 Å². The van der Waals surface area contributed by atoms with Crippen LogP contribution < -0.4 is 0 Å². The smallest absolute Gasteiger partial charge is 0.431 e. The maximum absolute atomic E-state index is 11.7. The van der Waals surface area contributed by atoms with Crippen LogP contribution in [0.25, 0.3) is 0 Å². The molecule has 1 amide bonds. The molecule has 6 nitrogen and oxygen atoms in total. The third-order valence-corrected chi connectivity index (χ3v) is 5.17. The third kappa shape index (κ3) is 3.27. The first kappa shape index (κ1) is 17.2. The van der Waals surface area contributed by atoms with Gasteiger partial charge in [-0.3, -0.25) is 9.74 Å². The summed E-state index contributed by atoms with van der Waals surface area (Å²) in [7, 11) is 0. The maximum atomic E-state index is 11.7. The molecule has 3 rings (SSSR count). The van der Waals surface area contributed by atoms with E-state index in [0.29, 0.717) is 13.0 Å². The Kier molecular flexibility index (Phi) is 5.38. The zero-order valence-electron chi connectivity index (χ0n) is 14.5. The molecule has 0 bridgehead atoms. The van der Waals surface area contributed by atoms with Crippen LogP contribution in [-0.2, 0) is 11.3 Å². The molecule has 1 aromatic carbocycles. The molecule has 0 saturated carbocycles. The molecule has 2 atom stereocenters. The van der Waals surface area contributed by atoms with E-state index in [4.69, 9.17) is 4.84 Å². The molecule has 0 unspecified atom stereocenters. The molecule has 6 heteroatoms. The summed E-state index contributed by atoms with van der Waals surface area (Å²) in [5.41, 5.74) is 2.48. The van der Waals surface area contributed by atoms with Gasteiger partial charge in [-0.25, -0.2) is 4.79 Å². The molecule has 0 aromatic heterocycles. The Bertz CT molecular complexity index is 572. The van der Waals surface area contributed by atoms with Crippen molar-refractivity contribution in [3.05, 3.63) is 35.4 Å². The highest BCUT2D eigenvalue weighted by Gasteiger charge is 2.43. The van der Waals surface area contributed by atoms with E-state index in [1.54, 1.807) is 0 Å². The minimum absolute atomic E-state index is 0.0721. The summed E-state index contributed by atoms with van der Waals surface area (Å²) in [6.45, 7) is 9.42. The molecule has 1 aliphatic carbocycles. The number of amides is 1. The van der Waals surface area contributed by atoms with E-state index in [1.807, 2.05) is 19.1 Å². The molecule has 1 N–H and O–H groups in total. The van der Waals surface area contributed by atoms with Gasteiger partial charge >= 0.3 is 6.09 Å². The molecule has 1 heterocycles. The Labute approximate surface area is 143 Å². The van der Waals surface area contributed by atoms with Gasteiger partial charge in [0.1, 0.15) is 0 Å². The van der Waals surface area contributed by atoms with Crippen molar-refractivity contribution in [2.45, 2.75) is 32.4 Å². The van der Waals surface area contributed by atoms with Crippen LogP contribution in [0.15, 0.2) is 24.3 Å². The Balaban J connectivity index is 1.87. The van der Waals surface area contributed by atoms with E-state index >= 15 is 0 Å². The minimum Gasteiger partial charge on any atom is -0.463 e. The molecule has 1 aromatic rings. The molecule has 1 fully saturated rings. The monoisotopic (exact) mass is 333 g/mol. The fraction of sp³-hybridized carbons (Fsp3) is 0.611. The van der Waals surface area contributed by atoms with Crippen LogP contribution in [-0.4, -0.2) is 71.4 Å². The van der Waals surface area contributed by atoms with Gasteiger partial charge in [-0.1, -0.05) is 31.2 Å². The number of carbonyl (C=O) groups is 1. The van der Waals surface area contributed by atoms with Gasteiger partial charge < -0.3 is 10.0 Å². The maximum Gasteiger partial charge on any atom is 0.431 e. The average molecular weight is 333 g/mol. The molecule has 132 valence electrons. The highest BCUT2D eigenvalue weighted by atomic mass is 16.7. The van der Waals surface area contributed by atoms with Crippen molar-refractivity contribution >= 4 is 6.09 Å². The SMILES string of the molecule is CCON(C(=O)O)[C@@H]1Cc2ccccc2[C@H]1N1CCN(CC)CC1. The lowest BCUT2D eigenvalue weighted by Crippen LogP contribution is -2.52. The van der Waals surface area contributed by atoms with Crippen molar-refractivity contribution in [1.82, 2.24) is 14.9 Å². The van der Waals surface area contributed by atoms with Crippen molar-refractivity contribution in [3.8, 4) is 0 Å². The molecule has 1 aliphatic heterocycles. The molecule has 0 radical (unpaired) electrons. The van der Waals surface area contributed by atoms with Crippen LogP contribution in [0.1, 0.15) is 31.0 Å². The number of hydrogen-bond acceptors (Lipinski definition) is 4. The summed E-state index contributed by atoms with van der Waals surface area (Å²) in [5.74, 6) is 0. The Morgan fingerprint density at radius 2 is 1.96 bits per heavy atom. The number of nitrogens with zero attached hydrogens (tertiary/aromatic N) is 3. The number of carboxylic acid groups (broad SMARTS) is 1. The number of rotatable bonds is 5. The summed E-state index contributed by atoms with van der Waals surface area (Å²) in [6, 6.07) is 8.20. The average Bonchev–Trinajstić information content (AvgIpc) is 2.98. The minimum atomic E-state index is -1.01. The van der Waals surface area contributed by atoms with E-state index < -0.39 is 6.09 Å². The van der Waals surface area contributed by atoms with Gasteiger partial charge in [0, 0.05) is 26.2 Å². The Morgan fingerprint density at radius 3 is 2.58 bits per heavy atom. The van der Waals surface area contributed by atoms with Crippen molar-refractivity contribution in [3.63, 3.8) is 0 Å². The summed E-state index contributed by atoms with van der Waals surface area (Å²) in [5, 5.41) is 10.8. The standard InChI is InChI=1S/C18H27N3O3/c1-3-19-9-11-20(12-10-19)17-15-8-6-5-7-14(15)13-16(17)21(18(22)23)24-4-2/h5-8,16-17H,3-4,9-13H2,1-2H3,(H,22,23)/t16-,17-/m1/s1. The first-order valence-corrected chi connectivity index (χ1v) is 8.85. The van der Waals surface area contributed by atoms with Crippen LogP contribution >= 0.6 is 0 Å². The van der Waals surface area contributed by atoms with Crippen LogP contribution in [0.3, 0.4) is 0 Å². The van der Waals surface area contributed by atoms with Crippen LogP contribution in [0.2, 0.25) is 0 Å².